The highest BCUT2D eigenvalue weighted by Gasteiger charge is 2.45. The highest BCUT2D eigenvalue weighted by molar-refractivity contribution is 14.1. The van der Waals surface area contributed by atoms with E-state index in [4.69, 9.17) is 9.47 Å². The predicted molar refractivity (Wildman–Crippen MR) is 163 cm³/mol. The zero-order chi connectivity index (χ0) is 30.3. The monoisotopic (exact) mass is 681 g/mol. The Balaban J connectivity index is 2.07. The third-order valence-electron chi connectivity index (χ3n) is 6.67. The van der Waals surface area contributed by atoms with Gasteiger partial charge in [-0.05, 0) is 106 Å². The lowest BCUT2D eigenvalue weighted by Gasteiger charge is -2.43. The minimum Gasteiger partial charge on any atom is -0.444 e. The fourth-order valence-corrected chi connectivity index (χ4v) is 5.51. The largest absolute Gasteiger partial charge is 0.444 e. The molecular formula is C31H38F2IN3O4. The highest BCUT2D eigenvalue weighted by atomic mass is 127. The average Bonchev–Trinajstić information content (AvgIpc) is 3.16. The summed E-state index contributed by atoms with van der Waals surface area (Å²) in [6, 6.07) is 8.68. The quantitative estimate of drug-likeness (QED) is 0.219. The SMILES string of the molecule is CCCCN[C@H]1Cc2c(n(C(=O)OC(C)(C)C)c3c(F)cc(F)cc23)[C@H](c2ccc(I)cc2)N1C(=O)OC(C)(C)C. The molecule has 0 spiro atoms. The normalized spacial score (nSPS) is 17.5. The summed E-state index contributed by atoms with van der Waals surface area (Å²) in [5, 5.41) is 3.74. The van der Waals surface area contributed by atoms with Crippen molar-refractivity contribution in [2.45, 2.75) is 91.1 Å². The molecule has 0 radical (unpaired) electrons. The lowest BCUT2D eigenvalue weighted by molar-refractivity contribution is 0.0000655. The van der Waals surface area contributed by atoms with E-state index in [1.54, 1.807) is 46.4 Å². The topological polar surface area (TPSA) is 72.8 Å². The van der Waals surface area contributed by atoms with Gasteiger partial charge in [-0.15, -0.1) is 0 Å². The van der Waals surface area contributed by atoms with Crippen LogP contribution in [0.2, 0.25) is 0 Å². The summed E-state index contributed by atoms with van der Waals surface area (Å²) in [7, 11) is 0. The molecule has 2 atom stereocenters. The fraction of sp³-hybridized carbons (Fsp3) is 0.484. The molecule has 0 unspecified atom stereocenters. The van der Waals surface area contributed by atoms with E-state index in [9.17, 15) is 14.0 Å². The van der Waals surface area contributed by atoms with Gasteiger partial charge in [-0.2, -0.15) is 0 Å². The molecular weight excluding hydrogens is 643 g/mol. The summed E-state index contributed by atoms with van der Waals surface area (Å²) in [5.41, 5.74) is -0.165. The summed E-state index contributed by atoms with van der Waals surface area (Å²) in [6.07, 6.45) is 0.0281. The van der Waals surface area contributed by atoms with Crippen LogP contribution in [0.25, 0.3) is 10.9 Å². The number of aromatic nitrogens is 1. The zero-order valence-electron chi connectivity index (χ0n) is 24.6. The van der Waals surface area contributed by atoms with E-state index < -0.39 is 47.2 Å². The first kappa shape index (κ1) is 31.2. The molecule has 41 heavy (non-hydrogen) atoms. The van der Waals surface area contributed by atoms with Crippen molar-refractivity contribution < 1.29 is 27.8 Å². The minimum atomic E-state index is -0.890. The van der Waals surface area contributed by atoms with Gasteiger partial charge in [0.2, 0.25) is 0 Å². The molecule has 1 amide bonds. The number of nitrogens with zero attached hydrogens (tertiary/aromatic N) is 2. The second-order valence-corrected chi connectivity index (χ2v) is 13.6. The first-order valence-electron chi connectivity index (χ1n) is 13.9. The number of hydrogen-bond acceptors (Lipinski definition) is 5. The first-order valence-corrected chi connectivity index (χ1v) is 14.9. The van der Waals surface area contributed by atoms with Gasteiger partial charge in [-0.25, -0.2) is 22.9 Å². The van der Waals surface area contributed by atoms with E-state index in [1.807, 2.05) is 24.3 Å². The van der Waals surface area contributed by atoms with Crippen LogP contribution in [0.3, 0.4) is 0 Å². The van der Waals surface area contributed by atoms with Crippen molar-refractivity contribution in [3.8, 4) is 0 Å². The van der Waals surface area contributed by atoms with Gasteiger partial charge >= 0.3 is 12.2 Å². The number of carbonyl (C=O) groups excluding carboxylic acids is 2. The van der Waals surface area contributed by atoms with Gasteiger partial charge in [-0.1, -0.05) is 25.5 Å². The van der Waals surface area contributed by atoms with Crippen LogP contribution in [0.15, 0.2) is 36.4 Å². The Morgan fingerprint density at radius 3 is 2.20 bits per heavy atom. The molecule has 0 fully saturated rings. The first-order chi connectivity index (χ1) is 19.1. The molecule has 3 aromatic rings. The molecule has 0 saturated heterocycles. The number of halogens is 3. The van der Waals surface area contributed by atoms with Crippen LogP contribution in [0.5, 0.6) is 0 Å². The van der Waals surface area contributed by atoms with Crippen LogP contribution >= 0.6 is 22.6 Å². The van der Waals surface area contributed by atoms with E-state index in [1.165, 1.54) is 10.6 Å². The lowest BCUT2D eigenvalue weighted by Crippen LogP contribution is -2.56. The summed E-state index contributed by atoms with van der Waals surface area (Å²) < 4.78 is 44.1. The van der Waals surface area contributed by atoms with Crippen molar-refractivity contribution in [3.63, 3.8) is 0 Å². The molecule has 4 rings (SSSR count). The molecule has 1 aliphatic heterocycles. The Morgan fingerprint density at radius 2 is 1.61 bits per heavy atom. The van der Waals surface area contributed by atoms with Crippen LogP contribution < -0.4 is 5.32 Å². The van der Waals surface area contributed by atoms with Crippen molar-refractivity contribution >= 4 is 45.7 Å². The molecule has 2 aromatic carbocycles. The Labute approximate surface area is 253 Å². The van der Waals surface area contributed by atoms with Gasteiger partial charge in [0.15, 0.2) is 5.82 Å². The molecule has 1 aliphatic rings. The van der Waals surface area contributed by atoms with Gasteiger partial charge in [-0.3, -0.25) is 10.2 Å². The smallest absolute Gasteiger partial charge is 0.419 e. The number of hydrogen-bond donors (Lipinski definition) is 1. The van der Waals surface area contributed by atoms with Crippen molar-refractivity contribution in [1.29, 1.82) is 0 Å². The summed E-state index contributed by atoms with van der Waals surface area (Å²) in [5.74, 6) is -1.64. The summed E-state index contributed by atoms with van der Waals surface area (Å²) >= 11 is 2.19. The molecule has 1 N–H and O–H groups in total. The lowest BCUT2D eigenvalue weighted by atomic mass is 9.90. The van der Waals surface area contributed by atoms with Gasteiger partial charge in [0.25, 0.3) is 0 Å². The van der Waals surface area contributed by atoms with Crippen LogP contribution in [-0.4, -0.2) is 45.6 Å². The van der Waals surface area contributed by atoms with Crippen LogP contribution in [0.1, 0.15) is 84.2 Å². The number of amides is 1. The number of fused-ring (bicyclic) bond motifs is 3. The van der Waals surface area contributed by atoms with E-state index >= 15 is 4.39 Å². The highest BCUT2D eigenvalue weighted by Crippen LogP contribution is 2.44. The van der Waals surface area contributed by atoms with E-state index in [0.717, 1.165) is 22.5 Å². The maximum absolute atomic E-state index is 15.6. The number of rotatable bonds is 5. The molecule has 7 nitrogen and oxygen atoms in total. The third-order valence-corrected chi connectivity index (χ3v) is 7.39. The summed E-state index contributed by atoms with van der Waals surface area (Å²) in [4.78, 5) is 29.4. The third kappa shape index (κ3) is 6.85. The molecule has 0 saturated carbocycles. The Morgan fingerprint density at radius 1 is 1.00 bits per heavy atom. The van der Waals surface area contributed by atoms with E-state index in [2.05, 4.69) is 34.8 Å². The predicted octanol–water partition coefficient (Wildman–Crippen LogP) is 7.91. The molecule has 1 aromatic heterocycles. The number of carbonyl (C=O) groups is 2. The van der Waals surface area contributed by atoms with E-state index in [-0.39, 0.29) is 17.3 Å². The molecule has 2 heterocycles. The molecule has 0 bridgehead atoms. The van der Waals surface area contributed by atoms with Crippen LogP contribution in [0.4, 0.5) is 18.4 Å². The van der Waals surface area contributed by atoms with Crippen LogP contribution in [-0.2, 0) is 15.9 Å². The molecule has 222 valence electrons. The fourth-order valence-electron chi connectivity index (χ4n) is 5.15. The maximum Gasteiger partial charge on any atom is 0.419 e. The second-order valence-electron chi connectivity index (χ2n) is 12.3. The summed E-state index contributed by atoms with van der Waals surface area (Å²) in [6.45, 7) is 13.2. The van der Waals surface area contributed by atoms with Gasteiger partial charge < -0.3 is 9.47 Å². The Bertz CT molecular complexity index is 1440. The Hall–Kier alpha value is -2.73. The minimum absolute atomic E-state index is 0.0838. The zero-order valence-corrected chi connectivity index (χ0v) is 26.8. The Kier molecular flexibility index (Phi) is 9.04. The van der Waals surface area contributed by atoms with Crippen molar-refractivity contribution in [2.24, 2.45) is 0 Å². The molecule has 0 aliphatic carbocycles. The van der Waals surface area contributed by atoms with Crippen molar-refractivity contribution in [1.82, 2.24) is 14.8 Å². The average molecular weight is 682 g/mol. The number of nitrogens with one attached hydrogen (secondary N) is 1. The van der Waals surface area contributed by atoms with Crippen LogP contribution in [0, 0.1) is 15.2 Å². The maximum atomic E-state index is 15.6. The standard InChI is InChI=1S/C31H38F2IN3O4/c1-8-9-14-35-24-17-22-21-15-19(32)16-23(33)26(21)37(29(39)41-31(5,6)7)27(22)25(18-10-12-20(34)13-11-18)36(24)28(38)40-30(2,3)4/h10-13,15-16,24-25,35H,8-9,14,17H2,1-7H3/t24-,25+/m1/s1. The number of ether oxygens (including phenoxy) is 2. The van der Waals surface area contributed by atoms with Gasteiger partial charge in [0, 0.05) is 21.4 Å². The number of benzene rings is 2. The van der Waals surface area contributed by atoms with Crippen molar-refractivity contribution in [3.05, 3.63) is 68.4 Å². The van der Waals surface area contributed by atoms with Crippen molar-refractivity contribution in [2.75, 3.05) is 6.54 Å². The van der Waals surface area contributed by atoms with Gasteiger partial charge in [0.05, 0.1) is 17.4 Å². The second kappa shape index (κ2) is 11.9. The van der Waals surface area contributed by atoms with E-state index in [0.29, 0.717) is 23.4 Å². The number of unbranched alkanes of at least 4 members (excludes halogenated alkanes) is 1. The van der Waals surface area contributed by atoms with Gasteiger partial charge in [0.1, 0.15) is 23.1 Å². The molecule has 10 heteroatoms.